The molecule has 4 aromatic rings. The van der Waals surface area contributed by atoms with Crippen LogP contribution >= 0.6 is 0 Å². The molecule has 302 valence electrons. The molecular weight excluding hydrogens is 759 g/mol. The lowest BCUT2D eigenvalue weighted by atomic mass is 9.98. The van der Waals surface area contributed by atoms with E-state index in [0.29, 0.717) is 74.7 Å². The number of pyridine rings is 2. The van der Waals surface area contributed by atoms with Crippen molar-refractivity contribution >= 4 is 70.1 Å². The smallest absolute Gasteiger partial charge is 0.246 e. The molecule has 0 spiro atoms. The third kappa shape index (κ3) is 10.1. The van der Waals surface area contributed by atoms with E-state index in [1.54, 1.807) is 46.5 Å². The Hall–Kier alpha value is -7.66. The Labute approximate surface area is 347 Å². The molecule has 0 aliphatic carbocycles. The highest BCUT2D eigenvalue weighted by Gasteiger charge is 2.20. The number of anilines is 2. The Morgan fingerprint density at radius 1 is 0.717 bits per heavy atom. The Morgan fingerprint density at radius 2 is 1.18 bits per heavy atom. The zero-order valence-electron chi connectivity index (χ0n) is 32.8. The van der Waals surface area contributed by atoms with Crippen LogP contribution in [0.5, 0.6) is 0 Å². The fourth-order valence-corrected chi connectivity index (χ4v) is 7.20. The van der Waals surface area contributed by atoms with Crippen LogP contribution in [0.3, 0.4) is 0 Å². The molecule has 2 aromatic carbocycles. The molecule has 0 fully saturated rings. The van der Waals surface area contributed by atoms with Gasteiger partial charge in [-0.3, -0.25) is 19.2 Å². The van der Waals surface area contributed by atoms with Gasteiger partial charge in [0.1, 0.15) is 11.6 Å². The summed E-state index contributed by atoms with van der Waals surface area (Å²) in [6.45, 7) is 9.42. The molecule has 0 bridgehead atoms. The molecule has 6 heterocycles. The SMILES string of the molecule is N/C(=N\O)c1ccc(C2=CCN(C(=O)/C=C/c3cnc4c(c3)CCC(=O)N4)CC2)cc1.[C-]#[N+]c1ccc(C2=CCN(C(=O)/C=C/c3cnc4c(c3)CCC(=O)N4)CC2)cc1. The molecule has 60 heavy (non-hydrogen) atoms. The van der Waals surface area contributed by atoms with Gasteiger partial charge in [-0.1, -0.05) is 65.8 Å². The lowest BCUT2D eigenvalue weighted by molar-refractivity contribution is -0.126. The minimum atomic E-state index is -0.0522. The average Bonchev–Trinajstić information content (AvgIpc) is 3.30. The summed E-state index contributed by atoms with van der Waals surface area (Å²) in [5.74, 6) is 1.18. The third-order valence-corrected chi connectivity index (χ3v) is 10.6. The van der Waals surface area contributed by atoms with E-state index in [9.17, 15) is 19.2 Å². The van der Waals surface area contributed by atoms with Crippen molar-refractivity contribution in [3.63, 3.8) is 0 Å². The maximum absolute atomic E-state index is 12.6. The number of nitrogens with zero attached hydrogens (tertiary/aromatic N) is 6. The molecule has 2 aromatic heterocycles. The minimum absolute atomic E-state index is 0.0108. The van der Waals surface area contributed by atoms with Crippen molar-refractivity contribution in [1.29, 1.82) is 0 Å². The van der Waals surface area contributed by atoms with Crippen molar-refractivity contribution in [1.82, 2.24) is 19.8 Å². The number of nitrogens with two attached hydrogens (primary N) is 1. The first kappa shape index (κ1) is 40.5. The fraction of sp³-hybridized carbons (Fsp3) is 0.217. The predicted molar refractivity (Wildman–Crippen MR) is 230 cm³/mol. The van der Waals surface area contributed by atoms with Crippen molar-refractivity contribution in [3.8, 4) is 0 Å². The van der Waals surface area contributed by atoms with Crippen LogP contribution in [0.1, 0.15) is 64.6 Å². The molecule has 4 amide bonds. The largest absolute Gasteiger partial charge is 0.409 e. The van der Waals surface area contributed by atoms with Crippen molar-refractivity contribution in [3.05, 3.63) is 148 Å². The van der Waals surface area contributed by atoms with Crippen LogP contribution in [0.2, 0.25) is 0 Å². The van der Waals surface area contributed by atoms with Gasteiger partial charge in [-0.2, -0.15) is 0 Å². The van der Waals surface area contributed by atoms with E-state index in [1.165, 1.54) is 11.1 Å². The third-order valence-electron chi connectivity index (χ3n) is 10.6. The number of carbonyl (C=O) groups is 4. The normalized spacial score (nSPS) is 16.4. The van der Waals surface area contributed by atoms with E-state index in [-0.39, 0.29) is 29.5 Å². The van der Waals surface area contributed by atoms with E-state index >= 15 is 0 Å². The quantitative estimate of drug-likeness (QED) is 0.0423. The van der Waals surface area contributed by atoms with Gasteiger partial charge < -0.3 is 31.4 Å². The van der Waals surface area contributed by atoms with Crippen LogP contribution in [0.15, 0.2) is 103 Å². The predicted octanol–water partition coefficient (Wildman–Crippen LogP) is 6.24. The van der Waals surface area contributed by atoms with Crippen molar-refractivity contribution < 1.29 is 24.4 Å². The monoisotopic (exact) mass is 801 g/mol. The zero-order chi connectivity index (χ0) is 42.0. The molecule has 0 radical (unpaired) electrons. The van der Waals surface area contributed by atoms with E-state index in [2.05, 4.69) is 42.8 Å². The molecule has 0 atom stereocenters. The van der Waals surface area contributed by atoms with Crippen LogP contribution in [-0.4, -0.2) is 80.6 Å². The first-order valence-electron chi connectivity index (χ1n) is 19.6. The second-order valence-corrected chi connectivity index (χ2v) is 14.6. The van der Waals surface area contributed by atoms with Gasteiger partial charge in [0.2, 0.25) is 23.6 Å². The fourth-order valence-electron chi connectivity index (χ4n) is 7.20. The summed E-state index contributed by atoms with van der Waals surface area (Å²) in [5, 5.41) is 17.3. The zero-order valence-corrected chi connectivity index (χ0v) is 32.8. The van der Waals surface area contributed by atoms with Crippen LogP contribution < -0.4 is 16.4 Å². The number of aryl methyl sites for hydroxylation is 2. The Kier molecular flexibility index (Phi) is 12.7. The maximum Gasteiger partial charge on any atom is 0.246 e. The van der Waals surface area contributed by atoms with Gasteiger partial charge in [-0.15, -0.1) is 0 Å². The lowest BCUT2D eigenvalue weighted by Crippen LogP contribution is -2.33. The Morgan fingerprint density at radius 3 is 1.60 bits per heavy atom. The van der Waals surface area contributed by atoms with Gasteiger partial charge in [-0.25, -0.2) is 14.8 Å². The molecule has 8 rings (SSSR count). The van der Waals surface area contributed by atoms with Gasteiger partial charge in [0.25, 0.3) is 0 Å². The van der Waals surface area contributed by atoms with Crippen LogP contribution in [0.25, 0.3) is 28.1 Å². The molecular formula is C46H43N9O5. The van der Waals surface area contributed by atoms with E-state index < -0.39 is 0 Å². The number of carbonyl (C=O) groups excluding carboxylic acids is 4. The average molecular weight is 802 g/mol. The van der Waals surface area contributed by atoms with Crippen molar-refractivity contribution in [2.75, 3.05) is 36.8 Å². The number of aromatic nitrogens is 2. The molecule has 14 heteroatoms. The summed E-state index contributed by atoms with van der Waals surface area (Å²) in [4.78, 5) is 63.5. The summed E-state index contributed by atoms with van der Waals surface area (Å²) in [7, 11) is 0. The first-order chi connectivity index (χ1) is 29.1. The number of nitrogens with one attached hydrogen (secondary N) is 2. The minimum Gasteiger partial charge on any atom is -0.409 e. The Bertz CT molecular complexity index is 2510. The number of fused-ring (bicyclic) bond motifs is 2. The highest BCUT2D eigenvalue weighted by atomic mass is 16.4. The second kappa shape index (κ2) is 18.7. The van der Waals surface area contributed by atoms with Crippen LogP contribution in [0.4, 0.5) is 17.3 Å². The molecule has 0 saturated heterocycles. The summed E-state index contributed by atoms with van der Waals surface area (Å²) >= 11 is 0. The molecule has 4 aliphatic heterocycles. The summed E-state index contributed by atoms with van der Waals surface area (Å²) in [6, 6.07) is 19.0. The van der Waals surface area contributed by atoms with Crippen LogP contribution in [-0.2, 0) is 32.0 Å². The van der Waals surface area contributed by atoms with E-state index in [1.807, 2.05) is 60.7 Å². The van der Waals surface area contributed by atoms with Gasteiger partial charge in [0.15, 0.2) is 11.5 Å². The molecule has 0 saturated carbocycles. The number of amidine groups is 1. The van der Waals surface area contributed by atoms with Gasteiger partial charge in [0.05, 0.1) is 6.57 Å². The molecule has 14 nitrogen and oxygen atoms in total. The van der Waals surface area contributed by atoms with E-state index in [0.717, 1.165) is 46.2 Å². The van der Waals surface area contributed by atoms with Gasteiger partial charge in [-0.05, 0) is 94.5 Å². The van der Waals surface area contributed by atoms with Crippen LogP contribution in [0, 0.1) is 6.57 Å². The summed E-state index contributed by atoms with van der Waals surface area (Å²) in [5.41, 5.74) is 15.1. The summed E-state index contributed by atoms with van der Waals surface area (Å²) < 4.78 is 0. The molecule has 4 aliphatic rings. The van der Waals surface area contributed by atoms with Crippen molar-refractivity contribution in [2.45, 2.75) is 38.5 Å². The first-order valence-corrected chi connectivity index (χ1v) is 19.6. The second-order valence-electron chi connectivity index (χ2n) is 14.6. The lowest BCUT2D eigenvalue weighted by Gasteiger charge is -2.25. The maximum atomic E-state index is 12.6. The van der Waals surface area contributed by atoms with Gasteiger partial charge in [0, 0.05) is 69.1 Å². The number of benzene rings is 2. The summed E-state index contributed by atoms with van der Waals surface area (Å²) in [6.07, 6.45) is 17.9. The Balaban J connectivity index is 0.000000182. The highest BCUT2D eigenvalue weighted by molar-refractivity contribution is 5.98. The number of hydrogen-bond donors (Lipinski definition) is 4. The van der Waals surface area contributed by atoms with Crippen molar-refractivity contribution in [2.24, 2.45) is 10.9 Å². The molecule has 0 unspecified atom stereocenters. The standard InChI is InChI=1S/C23H23N5O3.C23H20N4O2/c24-22(27-31)18-4-2-16(3-5-18)17-9-11-28(12-10-17)21(30)8-1-15-13-19-6-7-20(29)26-23(19)25-14-15;1-24-20-6-3-17(4-7-20)18-10-12-27(13-11-18)22(29)9-2-16-14-19-5-8-21(28)26-23(19)25-15-16/h1-5,8-9,13-14,31H,6-7,10-12H2,(H2,24,27)(H,25,26,29);2-4,6-7,9-10,14-15H,5,8,11-13H2,(H,25,26,28)/b8-1+;9-2+. The number of rotatable bonds is 7. The van der Waals surface area contributed by atoms with Gasteiger partial charge >= 0.3 is 0 Å². The number of oxime groups is 1. The van der Waals surface area contributed by atoms with E-state index in [4.69, 9.17) is 17.5 Å². The molecule has 5 N–H and O–H groups in total. The topological polar surface area (TPSA) is 188 Å². The number of amides is 4. The highest BCUT2D eigenvalue weighted by Crippen LogP contribution is 2.27. The number of hydrogen-bond acceptors (Lipinski definition) is 8.